The third-order valence-electron chi connectivity index (χ3n) is 3.28. The molecule has 1 heterocycles. The Balaban J connectivity index is 2.49. The Bertz CT molecular complexity index is 846. The first-order valence-electron chi connectivity index (χ1n) is 6.02. The summed E-state index contributed by atoms with van der Waals surface area (Å²) in [7, 11) is 1.81. The number of benzene rings is 2. The molecule has 3 rings (SSSR count). The number of anilines is 1. The van der Waals surface area contributed by atoms with Crippen LogP contribution < -0.4 is 10.4 Å². The molecule has 3 aromatic rings. The summed E-state index contributed by atoms with van der Waals surface area (Å²) in [4.78, 5) is 15.3. The maximum atomic E-state index is 11.0. The van der Waals surface area contributed by atoms with E-state index < -0.39 is 5.97 Å². The number of aromatic nitrogens is 1. The number of pyridine rings is 1. The normalized spacial score (nSPS) is 10.9. The molecule has 0 saturated carbocycles. The number of rotatable bonds is 2. The van der Waals surface area contributed by atoms with E-state index in [0.717, 1.165) is 31.8 Å². The predicted molar refractivity (Wildman–Crippen MR) is 80.8 cm³/mol. The van der Waals surface area contributed by atoms with Crippen molar-refractivity contribution in [1.82, 2.24) is 4.98 Å². The Hall–Kier alpha value is -2.14. The Morgan fingerprint density at radius 2 is 2.05 bits per heavy atom. The third kappa shape index (κ3) is 1.91. The molecule has 0 bridgehead atoms. The average molecular weight is 330 g/mol. The lowest BCUT2D eigenvalue weighted by molar-refractivity contribution is -0.255. The van der Waals surface area contributed by atoms with Gasteiger partial charge in [-0.15, -0.1) is 0 Å². The van der Waals surface area contributed by atoms with E-state index in [1.165, 1.54) is 0 Å². The fraction of sp³-hybridized carbons (Fsp3) is 0.0667. The van der Waals surface area contributed by atoms with E-state index in [1.54, 1.807) is 24.4 Å². The highest BCUT2D eigenvalue weighted by Gasteiger charge is 2.10. The van der Waals surface area contributed by atoms with Crippen LogP contribution in [0, 0.1) is 0 Å². The summed E-state index contributed by atoms with van der Waals surface area (Å²) < 4.78 is 0.898. The Morgan fingerprint density at radius 3 is 2.75 bits per heavy atom. The lowest BCUT2D eigenvalue weighted by atomic mass is 10.0. The highest BCUT2D eigenvalue weighted by molar-refractivity contribution is 9.10. The van der Waals surface area contributed by atoms with Crippen LogP contribution in [0.1, 0.15) is 10.4 Å². The van der Waals surface area contributed by atoms with E-state index in [4.69, 9.17) is 0 Å². The van der Waals surface area contributed by atoms with Gasteiger partial charge in [0.1, 0.15) is 5.82 Å². The minimum atomic E-state index is -1.18. The zero-order chi connectivity index (χ0) is 14.3. The summed E-state index contributed by atoms with van der Waals surface area (Å²) in [5.41, 5.74) is 0.165. The standard InChI is InChI=1S/C15H11BrN2O2/c1-17-14-13-10-3-2-8(15(19)20)6-9(10)7-12(16)11(13)4-5-18-14/h2-7H,1H3,(H,17,18)(H,19,20)/p-1. The molecule has 1 aromatic heterocycles. The molecule has 0 radical (unpaired) electrons. The van der Waals surface area contributed by atoms with Gasteiger partial charge in [-0.25, -0.2) is 4.98 Å². The number of hydrogen-bond acceptors (Lipinski definition) is 4. The van der Waals surface area contributed by atoms with E-state index in [-0.39, 0.29) is 5.56 Å². The topological polar surface area (TPSA) is 65.0 Å². The molecule has 5 heteroatoms. The van der Waals surface area contributed by atoms with Crippen molar-refractivity contribution in [2.45, 2.75) is 0 Å². The van der Waals surface area contributed by atoms with Crippen molar-refractivity contribution in [3.8, 4) is 0 Å². The molecule has 0 atom stereocenters. The van der Waals surface area contributed by atoms with Crippen molar-refractivity contribution < 1.29 is 9.90 Å². The summed E-state index contributed by atoms with van der Waals surface area (Å²) in [6, 6.07) is 8.78. The number of hydrogen-bond donors (Lipinski definition) is 1. The second-order valence-electron chi connectivity index (χ2n) is 4.41. The van der Waals surface area contributed by atoms with E-state index in [2.05, 4.69) is 26.2 Å². The van der Waals surface area contributed by atoms with E-state index in [9.17, 15) is 9.90 Å². The van der Waals surface area contributed by atoms with Gasteiger partial charge in [0.25, 0.3) is 0 Å². The van der Waals surface area contributed by atoms with Crippen molar-refractivity contribution in [3.63, 3.8) is 0 Å². The highest BCUT2D eigenvalue weighted by Crippen LogP contribution is 2.35. The van der Waals surface area contributed by atoms with Crippen LogP contribution in [0.2, 0.25) is 0 Å². The smallest absolute Gasteiger partial charge is 0.134 e. The first-order chi connectivity index (χ1) is 9.61. The van der Waals surface area contributed by atoms with Gasteiger partial charge in [0.2, 0.25) is 0 Å². The first kappa shape index (κ1) is 12.9. The van der Waals surface area contributed by atoms with E-state index in [0.29, 0.717) is 0 Å². The molecular formula is C15H10BrN2O2-. The average Bonchev–Trinajstić information content (AvgIpc) is 2.46. The van der Waals surface area contributed by atoms with Gasteiger partial charge in [-0.3, -0.25) is 0 Å². The number of carbonyl (C=O) groups excluding carboxylic acids is 1. The van der Waals surface area contributed by atoms with Gasteiger partial charge in [-0.05, 0) is 34.5 Å². The van der Waals surface area contributed by atoms with Crippen LogP contribution in [0.15, 0.2) is 41.0 Å². The molecule has 0 aliphatic rings. The molecule has 0 fully saturated rings. The first-order valence-corrected chi connectivity index (χ1v) is 6.81. The van der Waals surface area contributed by atoms with Gasteiger partial charge in [0, 0.05) is 28.5 Å². The predicted octanol–water partition coefficient (Wildman–Crippen LogP) is 2.56. The summed E-state index contributed by atoms with van der Waals surface area (Å²) in [5, 5.41) is 17.8. The van der Waals surface area contributed by atoms with E-state index in [1.807, 2.05) is 19.2 Å². The van der Waals surface area contributed by atoms with Gasteiger partial charge in [-0.1, -0.05) is 28.1 Å². The highest BCUT2D eigenvalue weighted by atomic mass is 79.9. The Labute approximate surface area is 123 Å². The molecule has 0 unspecified atom stereocenters. The minimum Gasteiger partial charge on any atom is -0.545 e. The fourth-order valence-electron chi connectivity index (χ4n) is 2.37. The van der Waals surface area contributed by atoms with Crippen LogP contribution in [0.3, 0.4) is 0 Å². The molecule has 2 aromatic carbocycles. The zero-order valence-corrected chi connectivity index (χ0v) is 12.2. The lowest BCUT2D eigenvalue weighted by Crippen LogP contribution is -2.21. The summed E-state index contributed by atoms with van der Waals surface area (Å²) >= 11 is 3.52. The van der Waals surface area contributed by atoms with Crippen molar-refractivity contribution >= 4 is 49.3 Å². The molecule has 0 saturated heterocycles. The molecule has 0 aliphatic heterocycles. The molecule has 0 spiro atoms. The summed E-state index contributed by atoms with van der Waals surface area (Å²) in [6.07, 6.45) is 1.74. The number of aromatic carboxylic acids is 1. The van der Waals surface area contributed by atoms with E-state index >= 15 is 0 Å². The molecule has 100 valence electrons. The van der Waals surface area contributed by atoms with Crippen LogP contribution >= 0.6 is 15.9 Å². The quantitative estimate of drug-likeness (QED) is 0.734. The van der Waals surface area contributed by atoms with Crippen LogP contribution in [0.25, 0.3) is 21.5 Å². The van der Waals surface area contributed by atoms with Gasteiger partial charge < -0.3 is 15.2 Å². The van der Waals surface area contributed by atoms with Crippen LogP contribution in [0.5, 0.6) is 0 Å². The number of carbonyl (C=O) groups is 1. The molecule has 0 amide bonds. The molecule has 4 nitrogen and oxygen atoms in total. The number of carboxylic acid groups (broad SMARTS) is 1. The molecule has 0 aliphatic carbocycles. The van der Waals surface area contributed by atoms with Gasteiger partial charge >= 0.3 is 0 Å². The number of fused-ring (bicyclic) bond motifs is 3. The summed E-state index contributed by atoms with van der Waals surface area (Å²) in [5.74, 6) is -0.418. The van der Waals surface area contributed by atoms with Crippen LogP contribution in [-0.2, 0) is 0 Å². The largest absolute Gasteiger partial charge is 0.545 e. The molecular weight excluding hydrogens is 320 g/mol. The monoisotopic (exact) mass is 329 g/mol. The van der Waals surface area contributed by atoms with Crippen molar-refractivity contribution in [3.05, 3.63) is 46.6 Å². The van der Waals surface area contributed by atoms with Gasteiger partial charge in [0.05, 0.1) is 5.97 Å². The Morgan fingerprint density at radius 1 is 1.25 bits per heavy atom. The number of carboxylic acids is 1. The van der Waals surface area contributed by atoms with Crippen LogP contribution in [0.4, 0.5) is 5.82 Å². The fourth-order valence-corrected chi connectivity index (χ4v) is 2.95. The second-order valence-corrected chi connectivity index (χ2v) is 5.27. The number of halogens is 1. The maximum Gasteiger partial charge on any atom is 0.134 e. The SMILES string of the molecule is CNc1nccc2c(Br)cc3cc(C(=O)[O-])ccc3c12. The molecule has 1 N–H and O–H groups in total. The van der Waals surface area contributed by atoms with Crippen molar-refractivity contribution in [2.75, 3.05) is 12.4 Å². The zero-order valence-electron chi connectivity index (χ0n) is 10.6. The molecule has 20 heavy (non-hydrogen) atoms. The van der Waals surface area contributed by atoms with Gasteiger partial charge in [-0.2, -0.15) is 0 Å². The Kier molecular flexibility index (Phi) is 3.06. The maximum absolute atomic E-state index is 11.0. The summed E-state index contributed by atoms with van der Waals surface area (Å²) in [6.45, 7) is 0. The lowest BCUT2D eigenvalue weighted by Gasteiger charge is -2.11. The van der Waals surface area contributed by atoms with Crippen LogP contribution in [-0.4, -0.2) is 18.0 Å². The number of nitrogens with one attached hydrogen (secondary N) is 1. The van der Waals surface area contributed by atoms with Crippen molar-refractivity contribution in [2.24, 2.45) is 0 Å². The van der Waals surface area contributed by atoms with Crippen molar-refractivity contribution in [1.29, 1.82) is 0 Å². The van der Waals surface area contributed by atoms with Gasteiger partial charge in [0.15, 0.2) is 0 Å². The minimum absolute atomic E-state index is 0.165. The second kappa shape index (κ2) is 4.76. The number of nitrogens with zero attached hydrogens (tertiary/aromatic N) is 1. The third-order valence-corrected chi connectivity index (χ3v) is 3.94.